The van der Waals surface area contributed by atoms with E-state index in [1.54, 1.807) is 0 Å². The fourth-order valence-electron chi connectivity index (χ4n) is 2.20. The lowest BCUT2D eigenvalue weighted by Crippen LogP contribution is -2.32. The molecule has 0 aromatic heterocycles. The fraction of sp³-hybridized carbons (Fsp3) is 0.647. The summed E-state index contributed by atoms with van der Waals surface area (Å²) in [5, 5.41) is 12.8. The molecule has 0 aliphatic carbocycles. The van der Waals surface area contributed by atoms with E-state index in [-0.39, 0.29) is 12.0 Å². The average Bonchev–Trinajstić information content (AvgIpc) is 2.43. The molecule has 1 aromatic rings. The van der Waals surface area contributed by atoms with E-state index in [1.807, 2.05) is 0 Å². The van der Waals surface area contributed by atoms with Crippen molar-refractivity contribution >= 4 is 0 Å². The van der Waals surface area contributed by atoms with Gasteiger partial charge >= 0.3 is 0 Å². The summed E-state index contributed by atoms with van der Waals surface area (Å²) >= 11 is 0. The van der Waals surface area contributed by atoms with Gasteiger partial charge in [-0.2, -0.15) is 0 Å². The van der Waals surface area contributed by atoms with E-state index in [2.05, 4.69) is 63.3 Å². The summed E-state index contributed by atoms with van der Waals surface area (Å²) in [5.74, 6) is 0.520. The van der Waals surface area contributed by atoms with Crippen LogP contribution in [0.25, 0.3) is 0 Å². The van der Waals surface area contributed by atoms with Crippen molar-refractivity contribution in [2.24, 2.45) is 5.41 Å². The molecule has 0 radical (unpaired) electrons. The summed E-state index contributed by atoms with van der Waals surface area (Å²) in [6, 6.07) is 11.1. The largest absolute Gasteiger partial charge is 0.396 e. The molecule has 0 saturated heterocycles. The van der Waals surface area contributed by atoms with Gasteiger partial charge in [-0.15, -0.1) is 0 Å². The molecular formula is C17H29NO. The molecular weight excluding hydrogens is 234 g/mol. The molecule has 2 N–H and O–H groups in total. The Labute approximate surface area is 118 Å². The molecule has 1 aromatic carbocycles. The van der Waals surface area contributed by atoms with E-state index < -0.39 is 0 Å². The van der Waals surface area contributed by atoms with Crippen LogP contribution < -0.4 is 5.32 Å². The van der Waals surface area contributed by atoms with Gasteiger partial charge in [-0.3, -0.25) is 0 Å². The van der Waals surface area contributed by atoms with E-state index in [0.717, 1.165) is 19.4 Å². The third kappa shape index (κ3) is 5.75. The summed E-state index contributed by atoms with van der Waals surface area (Å²) in [4.78, 5) is 0. The van der Waals surface area contributed by atoms with Crippen LogP contribution in [0.15, 0.2) is 30.3 Å². The van der Waals surface area contributed by atoms with Crippen LogP contribution >= 0.6 is 0 Å². The lowest BCUT2D eigenvalue weighted by atomic mass is 9.89. The predicted molar refractivity (Wildman–Crippen MR) is 82.4 cm³/mol. The quantitative estimate of drug-likeness (QED) is 0.703. The SMILES string of the molecule is CC(NCCCC(C)(C)CO)C(C)c1ccccc1. The molecule has 1 rings (SSSR count). The minimum absolute atomic E-state index is 0.0516. The molecule has 0 amide bonds. The van der Waals surface area contributed by atoms with E-state index in [4.69, 9.17) is 0 Å². The Bertz CT molecular complexity index is 348. The molecule has 0 saturated carbocycles. The molecule has 2 heteroatoms. The lowest BCUT2D eigenvalue weighted by Gasteiger charge is -2.24. The Balaban J connectivity index is 2.30. The number of hydrogen-bond acceptors (Lipinski definition) is 2. The zero-order valence-corrected chi connectivity index (χ0v) is 12.8. The van der Waals surface area contributed by atoms with Crippen LogP contribution in [0, 0.1) is 5.41 Å². The van der Waals surface area contributed by atoms with Crippen molar-refractivity contribution in [3.63, 3.8) is 0 Å². The van der Waals surface area contributed by atoms with Crippen LogP contribution in [0.3, 0.4) is 0 Å². The predicted octanol–water partition coefficient (Wildman–Crippen LogP) is 3.57. The third-order valence-corrected chi connectivity index (χ3v) is 4.00. The highest BCUT2D eigenvalue weighted by atomic mass is 16.3. The van der Waals surface area contributed by atoms with E-state index in [9.17, 15) is 5.11 Å². The highest BCUT2D eigenvalue weighted by Crippen LogP contribution is 2.21. The van der Waals surface area contributed by atoms with E-state index >= 15 is 0 Å². The zero-order valence-electron chi connectivity index (χ0n) is 12.8. The molecule has 0 bridgehead atoms. The highest BCUT2D eigenvalue weighted by molar-refractivity contribution is 5.20. The second-order valence-electron chi connectivity index (χ2n) is 6.37. The summed E-state index contributed by atoms with van der Waals surface area (Å²) in [6.07, 6.45) is 2.17. The van der Waals surface area contributed by atoms with Crippen molar-refractivity contribution < 1.29 is 5.11 Å². The molecule has 19 heavy (non-hydrogen) atoms. The van der Waals surface area contributed by atoms with Gasteiger partial charge in [-0.1, -0.05) is 51.1 Å². The van der Waals surface area contributed by atoms with Crippen molar-refractivity contribution in [2.45, 2.75) is 52.5 Å². The number of aliphatic hydroxyl groups is 1. The van der Waals surface area contributed by atoms with Gasteiger partial charge in [0.15, 0.2) is 0 Å². The minimum atomic E-state index is 0.0516. The second-order valence-corrected chi connectivity index (χ2v) is 6.37. The molecule has 0 fully saturated rings. The molecule has 2 nitrogen and oxygen atoms in total. The Morgan fingerprint density at radius 3 is 2.37 bits per heavy atom. The van der Waals surface area contributed by atoms with Crippen LogP contribution in [0.1, 0.15) is 52.0 Å². The monoisotopic (exact) mass is 263 g/mol. The van der Waals surface area contributed by atoms with Crippen molar-refractivity contribution in [3.05, 3.63) is 35.9 Å². The van der Waals surface area contributed by atoms with Crippen LogP contribution in [0.2, 0.25) is 0 Å². The second kappa shape index (κ2) is 7.66. The number of hydrogen-bond donors (Lipinski definition) is 2. The topological polar surface area (TPSA) is 32.3 Å². The first kappa shape index (κ1) is 16.2. The summed E-state index contributed by atoms with van der Waals surface area (Å²) < 4.78 is 0. The molecule has 2 unspecified atom stereocenters. The maximum absolute atomic E-state index is 9.22. The molecule has 0 aliphatic heterocycles. The van der Waals surface area contributed by atoms with Crippen molar-refractivity contribution in [2.75, 3.05) is 13.2 Å². The Morgan fingerprint density at radius 1 is 1.16 bits per heavy atom. The highest BCUT2D eigenvalue weighted by Gasteiger charge is 2.17. The number of benzene rings is 1. The maximum Gasteiger partial charge on any atom is 0.0482 e. The van der Waals surface area contributed by atoms with Crippen molar-refractivity contribution in [3.8, 4) is 0 Å². The number of aliphatic hydroxyl groups excluding tert-OH is 1. The van der Waals surface area contributed by atoms with E-state index in [1.165, 1.54) is 5.56 Å². The Hall–Kier alpha value is -0.860. The van der Waals surface area contributed by atoms with Crippen LogP contribution in [-0.4, -0.2) is 24.3 Å². The van der Waals surface area contributed by atoms with Crippen molar-refractivity contribution in [1.29, 1.82) is 0 Å². The Morgan fingerprint density at radius 2 is 1.79 bits per heavy atom. The van der Waals surface area contributed by atoms with Crippen LogP contribution in [0.5, 0.6) is 0 Å². The molecule has 0 aliphatic rings. The van der Waals surface area contributed by atoms with Gasteiger partial charge in [0.25, 0.3) is 0 Å². The van der Waals surface area contributed by atoms with Gasteiger partial charge in [0.2, 0.25) is 0 Å². The number of nitrogens with one attached hydrogen (secondary N) is 1. The smallest absolute Gasteiger partial charge is 0.0482 e. The Kier molecular flexibility index (Phi) is 6.53. The van der Waals surface area contributed by atoms with Crippen LogP contribution in [0.4, 0.5) is 0 Å². The summed E-state index contributed by atoms with van der Waals surface area (Å²) in [6.45, 7) is 10.0. The van der Waals surface area contributed by atoms with Gasteiger partial charge in [-0.05, 0) is 43.2 Å². The molecule has 0 spiro atoms. The lowest BCUT2D eigenvalue weighted by molar-refractivity contribution is 0.147. The van der Waals surface area contributed by atoms with Crippen molar-refractivity contribution in [1.82, 2.24) is 5.32 Å². The van der Waals surface area contributed by atoms with Gasteiger partial charge in [0, 0.05) is 12.6 Å². The first-order chi connectivity index (χ1) is 8.96. The molecule has 108 valence electrons. The number of rotatable bonds is 8. The van der Waals surface area contributed by atoms with Gasteiger partial charge < -0.3 is 10.4 Å². The molecule has 0 heterocycles. The van der Waals surface area contributed by atoms with Gasteiger partial charge in [-0.25, -0.2) is 0 Å². The fourth-order valence-corrected chi connectivity index (χ4v) is 2.20. The van der Waals surface area contributed by atoms with E-state index in [0.29, 0.717) is 12.0 Å². The minimum Gasteiger partial charge on any atom is -0.396 e. The van der Waals surface area contributed by atoms with Gasteiger partial charge in [0.05, 0.1) is 0 Å². The first-order valence-corrected chi connectivity index (χ1v) is 7.35. The average molecular weight is 263 g/mol. The normalized spacial score (nSPS) is 15.2. The molecule has 2 atom stereocenters. The standard InChI is InChI=1S/C17H29NO/c1-14(16-9-6-5-7-10-16)15(2)18-12-8-11-17(3,4)13-19/h5-7,9-10,14-15,18-19H,8,11-13H2,1-4H3. The van der Waals surface area contributed by atoms with Crippen LogP contribution in [-0.2, 0) is 0 Å². The first-order valence-electron chi connectivity index (χ1n) is 7.35. The summed E-state index contributed by atoms with van der Waals surface area (Å²) in [5.41, 5.74) is 1.44. The maximum atomic E-state index is 9.22. The third-order valence-electron chi connectivity index (χ3n) is 4.00. The zero-order chi connectivity index (χ0) is 14.3. The summed E-state index contributed by atoms with van der Waals surface area (Å²) in [7, 11) is 0. The van der Waals surface area contributed by atoms with Gasteiger partial charge in [0.1, 0.15) is 0 Å².